The van der Waals surface area contributed by atoms with Crippen LogP contribution in [0.5, 0.6) is 6.01 Å². The number of aromatic nitrogens is 2. The molecule has 1 saturated heterocycles. The van der Waals surface area contributed by atoms with Gasteiger partial charge in [-0.15, -0.1) is 0 Å². The minimum atomic E-state index is -0.635. The molecule has 146 valence electrons. The zero-order valence-electron chi connectivity index (χ0n) is 15.5. The third kappa shape index (κ3) is 3.33. The van der Waals surface area contributed by atoms with Gasteiger partial charge in [0.05, 0.1) is 24.6 Å². The molecule has 0 saturated carbocycles. The van der Waals surface area contributed by atoms with Crippen LogP contribution in [0.15, 0.2) is 18.2 Å². The molecule has 1 fully saturated rings. The van der Waals surface area contributed by atoms with Gasteiger partial charge in [-0.3, -0.25) is 9.47 Å². The minimum absolute atomic E-state index is 0.109. The average Bonchev–Trinajstić information content (AvgIpc) is 3.18. The van der Waals surface area contributed by atoms with Crippen LogP contribution in [0.25, 0.3) is 0 Å². The predicted octanol–water partition coefficient (Wildman–Crippen LogP) is 2.27. The first-order valence-electron chi connectivity index (χ1n) is 9.21. The molecule has 8 heteroatoms. The highest BCUT2D eigenvalue weighted by atomic mass is 19.1. The summed E-state index contributed by atoms with van der Waals surface area (Å²) in [7, 11) is 1.95. The second kappa shape index (κ2) is 7.18. The van der Waals surface area contributed by atoms with Crippen LogP contribution in [0.3, 0.4) is 0 Å². The van der Waals surface area contributed by atoms with Crippen LogP contribution in [0.4, 0.5) is 8.78 Å². The first-order chi connectivity index (χ1) is 13.0. The monoisotopic (exact) mass is 378 g/mol. The summed E-state index contributed by atoms with van der Waals surface area (Å²) < 4.78 is 41.0. The number of nitrogens with two attached hydrogens (primary N) is 1. The molecule has 3 heterocycles. The van der Waals surface area contributed by atoms with Gasteiger partial charge in [-0.2, -0.15) is 4.98 Å². The van der Waals surface area contributed by atoms with E-state index in [-0.39, 0.29) is 11.6 Å². The van der Waals surface area contributed by atoms with Gasteiger partial charge in [0.2, 0.25) is 0 Å². The number of ether oxygens (including phenoxy) is 2. The Hall–Kier alpha value is -2.03. The molecule has 0 spiro atoms. The minimum Gasteiger partial charge on any atom is -0.465 e. The van der Waals surface area contributed by atoms with E-state index in [1.165, 1.54) is 6.07 Å². The third-order valence-corrected chi connectivity index (χ3v) is 5.42. The maximum Gasteiger partial charge on any atom is 0.296 e. The van der Waals surface area contributed by atoms with Crippen molar-refractivity contribution in [3.05, 3.63) is 46.8 Å². The Morgan fingerprint density at radius 2 is 2.15 bits per heavy atom. The molecule has 2 aliphatic rings. The van der Waals surface area contributed by atoms with Gasteiger partial charge in [0.1, 0.15) is 17.7 Å². The molecule has 4 rings (SSSR count). The van der Waals surface area contributed by atoms with Gasteiger partial charge >= 0.3 is 0 Å². The predicted molar refractivity (Wildman–Crippen MR) is 95.1 cm³/mol. The highest BCUT2D eigenvalue weighted by Crippen LogP contribution is 2.34. The molecule has 0 bridgehead atoms. The van der Waals surface area contributed by atoms with Gasteiger partial charge in [-0.25, -0.2) is 8.78 Å². The van der Waals surface area contributed by atoms with E-state index in [1.54, 1.807) is 0 Å². The van der Waals surface area contributed by atoms with Crippen LogP contribution in [0.1, 0.15) is 36.4 Å². The Bertz CT molecular complexity index is 841. The second-order valence-electron chi connectivity index (χ2n) is 7.16. The Labute approximate surface area is 156 Å². The highest BCUT2D eigenvalue weighted by molar-refractivity contribution is 5.25. The van der Waals surface area contributed by atoms with Crippen LogP contribution in [0, 0.1) is 11.6 Å². The van der Waals surface area contributed by atoms with E-state index in [9.17, 15) is 8.78 Å². The maximum atomic E-state index is 14.1. The summed E-state index contributed by atoms with van der Waals surface area (Å²) in [6.07, 6.45) is 0.0111. The molecular weight excluding hydrogens is 354 g/mol. The zero-order chi connectivity index (χ0) is 19.1. The van der Waals surface area contributed by atoms with Gasteiger partial charge in [0, 0.05) is 37.8 Å². The van der Waals surface area contributed by atoms with Crippen molar-refractivity contribution < 1.29 is 18.3 Å². The van der Waals surface area contributed by atoms with Crippen molar-refractivity contribution in [2.45, 2.75) is 44.6 Å². The van der Waals surface area contributed by atoms with Crippen LogP contribution < -0.4 is 10.5 Å². The fourth-order valence-electron chi connectivity index (χ4n) is 4.00. The topological polar surface area (TPSA) is 65.5 Å². The van der Waals surface area contributed by atoms with Crippen molar-refractivity contribution in [1.29, 1.82) is 0 Å². The summed E-state index contributed by atoms with van der Waals surface area (Å²) in [5.41, 5.74) is 8.61. The molecule has 6 nitrogen and oxygen atoms in total. The number of imidazole rings is 1. The van der Waals surface area contributed by atoms with E-state index < -0.39 is 23.8 Å². The van der Waals surface area contributed by atoms with Crippen molar-refractivity contribution in [3.63, 3.8) is 0 Å². The van der Waals surface area contributed by atoms with E-state index in [4.69, 9.17) is 15.2 Å². The SMILES string of the molecule is CCOc1nc2c(n1C)CN(C1CO[C@H](c3cc(F)ccc3F)[C@@H](N)C1)C2. The van der Waals surface area contributed by atoms with Crippen LogP contribution in [0.2, 0.25) is 0 Å². The van der Waals surface area contributed by atoms with E-state index in [0.29, 0.717) is 32.2 Å². The molecule has 0 aliphatic carbocycles. The summed E-state index contributed by atoms with van der Waals surface area (Å²) in [5, 5.41) is 0. The van der Waals surface area contributed by atoms with Crippen molar-refractivity contribution in [1.82, 2.24) is 14.5 Å². The van der Waals surface area contributed by atoms with Crippen molar-refractivity contribution in [2.24, 2.45) is 12.8 Å². The number of halogens is 2. The molecule has 0 amide bonds. The zero-order valence-corrected chi connectivity index (χ0v) is 15.5. The lowest BCUT2D eigenvalue weighted by Crippen LogP contribution is -2.47. The van der Waals surface area contributed by atoms with Gasteiger partial charge in [-0.05, 0) is 31.5 Å². The van der Waals surface area contributed by atoms with Gasteiger partial charge in [0.25, 0.3) is 6.01 Å². The summed E-state index contributed by atoms with van der Waals surface area (Å²) in [6.45, 7) is 4.38. The average molecular weight is 378 g/mol. The van der Waals surface area contributed by atoms with Crippen molar-refractivity contribution in [2.75, 3.05) is 13.2 Å². The lowest BCUT2D eigenvalue weighted by atomic mass is 9.93. The molecule has 2 N–H and O–H groups in total. The Morgan fingerprint density at radius 1 is 1.33 bits per heavy atom. The van der Waals surface area contributed by atoms with Gasteiger partial charge in [0.15, 0.2) is 0 Å². The summed E-state index contributed by atoms with van der Waals surface area (Å²) in [5.74, 6) is -0.980. The fraction of sp³-hybridized carbons (Fsp3) is 0.526. The first-order valence-corrected chi connectivity index (χ1v) is 9.21. The Kier molecular flexibility index (Phi) is 4.88. The molecule has 2 aromatic rings. The number of benzene rings is 1. The molecular formula is C19H24F2N4O2. The molecule has 1 aromatic carbocycles. The van der Waals surface area contributed by atoms with Crippen LogP contribution in [-0.2, 0) is 24.9 Å². The van der Waals surface area contributed by atoms with Crippen LogP contribution >= 0.6 is 0 Å². The van der Waals surface area contributed by atoms with Gasteiger partial charge in [-0.1, -0.05) is 0 Å². The largest absolute Gasteiger partial charge is 0.465 e. The summed E-state index contributed by atoms with van der Waals surface area (Å²) in [6, 6.07) is 3.73. The molecule has 1 unspecified atom stereocenters. The van der Waals surface area contributed by atoms with E-state index in [0.717, 1.165) is 30.1 Å². The normalized spacial score (nSPS) is 25.6. The molecule has 27 heavy (non-hydrogen) atoms. The lowest BCUT2D eigenvalue weighted by Gasteiger charge is -2.38. The van der Waals surface area contributed by atoms with Crippen LogP contribution in [-0.4, -0.2) is 39.7 Å². The molecule has 2 aliphatic heterocycles. The van der Waals surface area contributed by atoms with E-state index in [1.807, 2.05) is 18.5 Å². The second-order valence-corrected chi connectivity index (χ2v) is 7.16. The van der Waals surface area contributed by atoms with Crippen molar-refractivity contribution in [3.8, 4) is 6.01 Å². The first kappa shape index (κ1) is 18.3. The van der Waals surface area contributed by atoms with Crippen molar-refractivity contribution >= 4 is 0 Å². The molecule has 1 aromatic heterocycles. The standard InChI is InChI=1S/C19H24F2N4O2/c1-3-26-19-23-16-8-25(9-17(16)24(19)2)12-7-15(22)18(27-10-12)13-6-11(20)4-5-14(13)21/h4-6,12,15,18H,3,7-10,22H2,1-2H3/t12?,15-,18+/m0/s1. The third-order valence-electron chi connectivity index (χ3n) is 5.42. The smallest absolute Gasteiger partial charge is 0.296 e. The lowest BCUT2D eigenvalue weighted by molar-refractivity contribution is -0.0535. The quantitative estimate of drug-likeness (QED) is 0.884. The number of nitrogens with zero attached hydrogens (tertiary/aromatic N) is 3. The summed E-state index contributed by atoms with van der Waals surface area (Å²) >= 11 is 0. The number of rotatable bonds is 4. The number of hydrogen-bond acceptors (Lipinski definition) is 5. The maximum absolute atomic E-state index is 14.1. The molecule has 0 radical (unpaired) electrons. The Balaban J connectivity index is 1.44. The fourth-order valence-corrected chi connectivity index (χ4v) is 4.00. The van der Waals surface area contributed by atoms with Gasteiger partial charge < -0.3 is 15.2 Å². The number of fused-ring (bicyclic) bond motifs is 1. The molecule has 3 atom stereocenters. The van der Waals surface area contributed by atoms with E-state index in [2.05, 4.69) is 9.88 Å². The summed E-state index contributed by atoms with van der Waals surface area (Å²) in [4.78, 5) is 6.83. The highest BCUT2D eigenvalue weighted by Gasteiger charge is 2.37. The number of hydrogen-bond donors (Lipinski definition) is 1. The van der Waals surface area contributed by atoms with E-state index >= 15 is 0 Å². The Morgan fingerprint density at radius 3 is 2.85 bits per heavy atom.